The largest absolute Gasteiger partial charge is 0.468 e. The van der Waals surface area contributed by atoms with Gasteiger partial charge >= 0.3 is 5.97 Å². The fraction of sp³-hybridized carbons (Fsp3) is 0.250. The lowest BCUT2D eigenvalue weighted by molar-refractivity contribution is -0.142. The van der Waals surface area contributed by atoms with E-state index in [9.17, 15) is 4.79 Å². The second kappa shape index (κ2) is 4.63. The summed E-state index contributed by atoms with van der Waals surface area (Å²) in [6.45, 7) is 0. The van der Waals surface area contributed by atoms with E-state index in [4.69, 9.17) is 5.73 Å². The lowest BCUT2D eigenvalue weighted by Crippen LogP contribution is -2.33. The van der Waals surface area contributed by atoms with Gasteiger partial charge in [0.05, 0.1) is 7.11 Å². The molecule has 0 aliphatic heterocycles. The fourth-order valence-corrected chi connectivity index (χ4v) is 2.64. The Hall–Kier alpha value is -1.39. The van der Waals surface area contributed by atoms with Gasteiger partial charge in [-0.3, -0.25) is 4.79 Å². The average molecular weight is 235 g/mol. The lowest BCUT2D eigenvalue weighted by atomic mass is 10.1. The first-order valence-electron chi connectivity index (χ1n) is 5.01. The van der Waals surface area contributed by atoms with Crippen LogP contribution in [0.25, 0.3) is 10.1 Å². The van der Waals surface area contributed by atoms with E-state index in [1.54, 1.807) is 11.3 Å². The molecule has 0 fully saturated rings. The van der Waals surface area contributed by atoms with Gasteiger partial charge in [0.25, 0.3) is 0 Å². The molecule has 3 nitrogen and oxygen atoms in total. The van der Waals surface area contributed by atoms with Gasteiger partial charge in [0.15, 0.2) is 0 Å². The molecule has 84 valence electrons. The van der Waals surface area contributed by atoms with Gasteiger partial charge in [-0.25, -0.2) is 0 Å². The zero-order valence-corrected chi connectivity index (χ0v) is 9.79. The topological polar surface area (TPSA) is 52.3 Å². The van der Waals surface area contributed by atoms with E-state index in [0.29, 0.717) is 6.42 Å². The zero-order valence-electron chi connectivity index (χ0n) is 8.97. The second-order valence-electron chi connectivity index (χ2n) is 3.59. The Morgan fingerprint density at radius 1 is 1.50 bits per heavy atom. The lowest BCUT2D eigenvalue weighted by Gasteiger charge is -2.07. The molecule has 16 heavy (non-hydrogen) atoms. The van der Waals surface area contributed by atoms with E-state index < -0.39 is 6.04 Å². The summed E-state index contributed by atoms with van der Waals surface area (Å²) in [5, 5.41) is 3.22. The van der Waals surface area contributed by atoms with Crippen molar-refractivity contribution in [1.29, 1.82) is 0 Å². The van der Waals surface area contributed by atoms with Gasteiger partial charge in [0.2, 0.25) is 0 Å². The van der Waals surface area contributed by atoms with Gasteiger partial charge in [0.1, 0.15) is 6.04 Å². The highest BCUT2D eigenvalue weighted by atomic mass is 32.1. The Bertz CT molecular complexity index is 506. The summed E-state index contributed by atoms with van der Waals surface area (Å²) < 4.78 is 5.83. The molecule has 1 aromatic carbocycles. The van der Waals surface area contributed by atoms with Gasteiger partial charge in [-0.1, -0.05) is 18.2 Å². The maximum Gasteiger partial charge on any atom is 0.322 e. The van der Waals surface area contributed by atoms with Crippen molar-refractivity contribution in [2.24, 2.45) is 5.73 Å². The Labute approximate surface area is 97.8 Å². The van der Waals surface area contributed by atoms with Crippen molar-refractivity contribution in [1.82, 2.24) is 0 Å². The van der Waals surface area contributed by atoms with Crippen molar-refractivity contribution in [2.45, 2.75) is 12.5 Å². The van der Waals surface area contributed by atoms with Crippen molar-refractivity contribution in [3.05, 3.63) is 35.2 Å². The van der Waals surface area contributed by atoms with Gasteiger partial charge in [-0.15, -0.1) is 11.3 Å². The number of hydrogen-bond donors (Lipinski definition) is 1. The van der Waals surface area contributed by atoms with Crippen molar-refractivity contribution < 1.29 is 9.53 Å². The molecular formula is C12H13NO2S. The molecule has 0 aliphatic carbocycles. The van der Waals surface area contributed by atoms with Gasteiger partial charge in [0, 0.05) is 4.70 Å². The van der Waals surface area contributed by atoms with Crippen LogP contribution < -0.4 is 5.73 Å². The van der Waals surface area contributed by atoms with Crippen LogP contribution in [-0.4, -0.2) is 19.1 Å². The average Bonchev–Trinajstić information content (AvgIpc) is 2.72. The van der Waals surface area contributed by atoms with Gasteiger partial charge in [-0.05, 0) is 28.8 Å². The summed E-state index contributed by atoms with van der Waals surface area (Å²) >= 11 is 1.67. The van der Waals surface area contributed by atoms with E-state index in [1.807, 2.05) is 23.6 Å². The van der Waals surface area contributed by atoms with Gasteiger partial charge in [-0.2, -0.15) is 0 Å². The maximum absolute atomic E-state index is 11.2. The van der Waals surface area contributed by atoms with E-state index in [-0.39, 0.29) is 5.97 Å². The molecule has 2 N–H and O–H groups in total. The third-order valence-corrected chi connectivity index (χ3v) is 3.52. The van der Waals surface area contributed by atoms with Crippen molar-refractivity contribution in [2.75, 3.05) is 7.11 Å². The van der Waals surface area contributed by atoms with Crippen LogP contribution in [0.3, 0.4) is 0 Å². The number of nitrogens with two attached hydrogens (primary N) is 1. The number of fused-ring (bicyclic) bond motifs is 1. The Kier molecular flexibility index (Phi) is 3.22. The molecule has 2 rings (SSSR count). The van der Waals surface area contributed by atoms with Crippen molar-refractivity contribution >= 4 is 27.4 Å². The quantitative estimate of drug-likeness (QED) is 0.827. The van der Waals surface area contributed by atoms with Crippen LogP contribution in [0.1, 0.15) is 5.56 Å². The monoisotopic (exact) mass is 235 g/mol. The maximum atomic E-state index is 11.2. The molecular weight excluding hydrogens is 222 g/mol. The highest BCUT2D eigenvalue weighted by Crippen LogP contribution is 2.26. The minimum Gasteiger partial charge on any atom is -0.468 e. The molecule has 0 aliphatic rings. The van der Waals surface area contributed by atoms with Crippen LogP contribution in [0.4, 0.5) is 0 Å². The van der Waals surface area contributed by atoms with Crippen molar-refractivity contribution in [3.8, 4) is 0 Å². The minimum atomic E-state index is -0.581. The summed E-state index contributed by atoms with van der Waals surface area (Å²) in [5.41, 5.74) is 6.85. The normalized spacial score (nSPS) is 12.6. The molecule has 0 amide bonds. The number of thiophene rings is 1. The molecule has 4 heteroatoms. The van der Waals surface area contributed by atoms with E-state index in [2.05, 4.69) is 10.8 Å². The first kappa shape index (κ1) is 11.1. The standard InChI is InChI=1S/C12H13NO2S/c1-15-12(14)10(13)6-8-7-16-11-5-3-2-4-9(8)11/h2-5,7,10H,6,13H2,1H3/t10-/m0/s1. The molecule has 0 bridgehead atoms. The molecule has 0 unspecified atom stereocenters. The third-order valence-electron chi connectivity index (χ3n) is 2.50. The number of carbonyl (C=O) groups excluding carboxylic acids is 1. The van der Waals surface area contributed by atoms with Gasteiger partial charge < -0.3 is 10.5 Å². The Balaban J connectivity index is 2.24. The highest BCUT2D eigenvalue weighted by Gasteiger charge is 2.16. The van der Waals surface area contributed by atoms with Crippen LogP contribution >= 0.6 is 11.3 Å². The molecule has 0 saturated carbocycles. The summed E-state index contributed by atoms with van der Waals surface area (Å²) in [5.74, 6) is -0.365. The zero-order chi connectivity index (χ0) is 11.5. The first-order chi connectivity index (χ1) is 7.72. The molecule has 0 spiro atoms. The fourth-order valence-electron chi connectivity index (χ4n) is 1.66. The summed E-state index contributed by atoms with van der Waals surface area (Å²) in [6, 6.07) is 7.52. The highest BCUT2D eigenvalue weighted by molar-refractivity contribution is 7.17. The van der Waals surface area contributed by atoms with E-state index in [1.165, 1.54) is 17.2 Å². The second-order valence-corrected chi connectivity index (χ2v) is 4.50. The van der Waals surface area contributed by atoms with Crippen molar-refractivity contribution in [3.63, 3.8) is 0 Å². The van der Waals surface area contributed by atoms with Crippen LogP contribution in [0, 0.1) is 0 Å². The smallest absolute Gasteiger partial charge is 0.322 e. The molecule has 1 heterocycles. The predicted molar refractivity (Wildman–Crippen MR) is 65.5 cm³/mol. The molecule has 0 saturated heterocycles. The molecule has 0 radical (unpaired) electrons. The summed E-state index contributed by atoms with van der Waals surface area (Å²) in [7, 11) is 1.36. The first-order valence-corrected chi connectivity index (χ1v) is 5.89. The van der Waals surface area contributed by atoms with E-state index >= 15 is 0 Å². The number of benzene rings is 1. The van der Waals surface area contributed by atoms with Crippen LogP contribution in [-0.2, 0) is 16.0 Å². The number of ether oxygens (including phenoxy) is 1. The minimum absolute atomic E-state index is 0.365. The number of rotatable bonds is 3. The third kappa shape index (κ3) is 2.08. The van der Waals surface area contributed by atoms with Crippen LogP contribution in [0.5, 0.6) is 0 Å². The SMILES string of the molecule is COC(=O)[C@@H](N)Cc1csc2ccccc12. The summed E-state index contributed by atoms with van der Waals surface area (Å²) in [4.78, 5) is 11.2. The number of methoxy groups -OCH3 is 1. The van der Waals surface area contributed by atoms with E-state index in [0.717, 1.165) is 5.56 Å². The Morgan fingerprint density at radius 3 is 3.00 bits per heavy atom. The molecule has 2 aromatic rings. The Morgan fingerprint density at radius 2 is 2.25 bits per heavy atom. The molecule has 1 atom stereocenters. The predicted octanol–water partition coefficient (Wildman–Crippen LogP) is 1.94. The summed E-state index contributed by atoms with van der Waals surface area (Å²) in [6.07, 6.45) is 0.524. The number of hydrogen-bond acceptors (Lipinski definition) is 4. The number of carbonyl (C=O) groups is 1. The number of esters is 1. The molecule has 1 aromatic heterocycles. The van der Waals surface area contributed by atoms with Crippen LogP contribution in [0.15, 0.2) is 29.6 Å². The van der Waals surface area contributed by atoms with Crippen LogP contribution in [0.2, 0.25) is 0 Å².